The molecule has 2 aromatic rings. The van der Waals surface area contributed by atoms with E-state index in [0.29, 0.717) is 11.5 Å². The molecule has 0 heterocycles. The third-order valence-electron chi connectivity index (χ3n) is 4.20. The quantitative estimate of drug-likeness (QED) is 0.833. The van der Waals surface area contributed by atoms with E-state index in [4.69, 9.17) is 0 Å². The average Bonchev–Trinajstić information content (AvgIpc) is 2.65. The molecule has 2 aromatic carbocycles. The van der Waals surface area contributed by atoms with Gasteiger partial charge in [0.1, 0.15) is 11.5 Å². The fraction of sp³-hybridized carbons (Fsp3) is 0.263. The monoisotopic (exact) mass is 280 g/mol. The van der Waals surface area contributed by atoms with E-state index < -0.39 is 0 Å². The van der Waals surface area contributed by atoms with Crippen LogP contribution in [0.2, 0.25) is 0 Å². The molecule has 0 aromatic heterocycles. The minimum atomic E-state index is 0.311. The van der Waals surface area contributed by atoms with Gasteiger partial charge < -0.3 is 10.2 Å². The van der Waals surface area contributed by atoms with Gasteiger partial charge in [0.2, 0.25) is 0 Å². The summed E-state index contributed by atoms with van der Waals surface area (Å²) >= 11 is 0. The van der Waals surface area contributed by atoms with Crippen LogP contribution < -0.4 is 0 Å². The van der Waals surface area contributed by atoms with Crippen molar-refractivity contribution in [1.29, 1.82) is 0 Å². The third kappa shape index (κ3) is 2.66. The molecule has 0 saturated heterocycles. The number of allylic oxidation sites excluding steroid dienone is 2. The predicted molar refractivity (Wildman–Crippen MR) is 86.3 cm³/mol. The normalized spacial score (nSPS) is 14.7. The third-order valence-corrected chi connectivity index (χ3v) is 4.20. The molecule has 108 valence electrons. The van der Waals surface area contributed by atoms with E-state index in [1.807, 2.05) is 24.3 Å². The van der Waals surface area contributed by atoms with Gasteiger partial charge in [-0.3, -0.25) is 0 Å². The molecule has 0 radical (unpaired) electrons. The van der Waals surface area contributed by atoms with Gasteiger partial charge in [0.15, 0.2) is 0 Å². The van der Waals surface area contributed by atoms with Gasteiger partial charge in [0, 0.05) is 0 Å². The summed E-state index contributed by atoms with van der Waals surface area (Å²) in [6.07, 6.45) is 3.99. The largest absolute Gasteiger partial charge is 0.508 e. The lowest BCUT2D eigenvalue weighted by molar-refractivity contribution is 0.474. The van der Waals surface area contributed by atoms with Crippen molar-refractivity contribution in [3.8, 4) is 11.5 Å². The number of phenolic OH excluding ortho intramolecular Hbond substituents is 2. The number of aryl methyl sites for hydroxylation is 1. The molecule has 0 spiro atoms. The Balaban J connectivity index is 2.19. The van der Waals surface area contributed by atoms with E-state index in [-0.39, 0.29) is 0 Å². The Morgan fingerprint density at radius 2 is 1.76 bits per heavy atom. The molecule has 2 heteroatoms. The molecule has 0 aliphatic heterocycles. The topological polar surface area (TPSA) is 40.5 Å². The van der Waals surface area contributed by atoms with Crippen LogP contribution >= 0.6 is 0 Å². The molecule has 1 aliphatic carbocycles. The summed E-state index contributed by atoms with van der Waals surface area (Å²) in [7, 11) is 0. The minimum absolute atomic E-state index is 0.311. The first-order valence-electron chi connectivity index (χ1n) is 7.52. The van der Waals surface area contributed by atoms with Crippen molar-refractivity contribution >= 4 is 11.1 Å². The standard InChI is InChI=1S/C19H20O2/c1-2-17-18(13-5-3-7-15(20)11-13)8-4-6-14-12-16(21)9-10-19(14)17/h3,5,7,9-12,20-21H,2,4,6,8H2,1H3. The zero-order chi connectivity index (χ0) is 14.8. The summed E-state index contributed by atoms with van der Waals surface area (Å²) in [4.78, 5) is 0. The van der Waals surface area contributed by atoms with Crippen LogP contribution in [0.15, 0.2) is 42.5 Å². The van der Waals surface area contributed by atoms with Gasteiger partial charge in [0.05, 0.1) is 0 Å². The number of phenols is 2. The fourth-order valence-corrected chi connectivity index (χ4v) is 3.27. The Labute approximate surface area is 125 Å². The van der Waals surface area contributed by atoms with Gasteiger partial charge in [-0.25, -0.2) is 0 Å². The van der Waals surface area contributed by atoms with Crippen molar-refractivity contribution < 1.29 is 10.2 Å². The first-order chi connectivity index (χ1) is 10.2. The van der Waals surface area contributed by atoms with Crippen LogP contribution in [0.25, 0.3) is 11.1 Å². The Bertz CT molecular complexity index is 698. The average molecular weight is 280 g/mol. The number of aromatic hydroxyl groups is 2. The van der Waals surface area contributed by atoms with Crippen LogP contribution in [0, 0.1) is 0 Å². The van der Waals surface area contributed by atoms with Crippen molar-refractivity contribution in [2.45, 2.75) is 32.6 Å². The molecule has 1 aliphatic rings. The summed E-state index contributed by atoms with van der Waals surface area (Å²) < 4.78 is 0. The van der Waals surface area contributed by atoms with E-state index in [2.05, 4.69) is 13.0 Å². The highest BCUT2D eigenvalue weighted by Crippen LogP contribution is 2.39. The van der Waals surface area contributed by atoms with Crippen LogP contribution in [0.4, 0.5) is 0 Å². The molecule has 0 amide bonds. The van der Waals surface area contributed by atoms with E-state index in [9.17, 15) is 10.2 Å². The summed E-state index contributed by atoms with van der Waals surface area (Å²) in [5, 5.41) is 19.5. The Morgan fingerprint density at radius 3 is 2.52 bits per heavy atom. The second-order valence-electron chi connectivity index (χ2n) is 5.56. The van der Waals surface area contributed by atoms with E-state index in [1.165, 1.54) is 22.3 Å². The van der Waals surface area contributed by atoms with Gasteiger partial charge in [-0.1, -0.05) is 25.1 Å². The van der Waals surface area contributed by atoms with Crippen molar-refractivity contribution in [2.75, 3.05) is 0 Å². The molecule has 0 atom stereocenters. The van der Waals surface area contributed by atoms with Gasteiger partial charge in [-0.15, -0.1) is 0 Å². The van der Waals surface area contributed by atoms with Crippen molar-refractivity contribution in [3.05, 3.63) is 59.2 Å². The van der Waals surface area contributed by atoms with Crippen molar-refractivity contribution in [3.63, 3.8) is 0 Å². The maximum atomic E-state index is 9.75. The van der Waals surface area contributed by atoms with Gasteiger partial charge in [-0.2, -0.15) is 0 Å². The molecular weight excluding hydrogens is 260 g/mol. The summed E-state index contributed by atoms with van der Waals surface area (Å²) in [6, 6.07) is 13.2. The summed E-state index contributed by atoms with van der Waals surface area (Å²) in [5.41, 5.74) is 6.21. The Morgan fingerprint density at radius 1 is 0.952 bits per heavy atom. The molecule has 0 bridgehead atoms. The Hall–Kier alpha value is -2.22. The maximum absolute atomic E-state index is 9.75. The molecule has 2 N–H and O–H groups in total. The van der Waals surface area contributed by atoms with Crippen LogP contribution in [-0.4, -0.2) is 10.2 Å². The van der Waals surface area contributed by atoms with Gasteiger partial charge in [-0.05, 0) is 77.8 Å². The molecule has 0 saturated carbocycles. The maximum Gasteiger partial charge on any atom is 0.116 e. The Kier molecular flexibility index (Phi) is 3.70. The van der Waals surface area contributed by atoms with Crippen LogP contribution in [0.3, 0.4) is 0 Å². The first kappa shape index (κ1) is 13.7. The lowest BCUT2D eigenvalue weighted by atomic mass is 9.91. The number of hydrogen-bond donors (Lipinski definition) is 2. The highest BCUT2D eigenvalue weighted by Gasteiger charge is 2.17. The molecule has 0 fully saturated rings. The molecule has 3 rings (SSSR count). The SMILES string of the molecule is CCC1=C(c2cccc(O)c2)CCCc2cc(O)ccc21. The van der Waals surface area contributed by atoms with E-state index >= 15 is 0 Å². The zero-order valence-corrected chi connectivity index (χ0v) is 12.3. The van der Waals surface area contributed by atoms with Crippen molar-refractivity contribution in [1.82, 2.24) is 0 Å². The van der Waals surface area contributed by atoms with Gasteiger partial charge >= 0.3 is 0 Å². The highest BCUT2D eigenvalue weighted by molar-refractivity contribution is 5.92. The molecular formula is C19H20O2. The van der Waals surface area contributed by atoms with E-state index in [1.54, 1.807) is 12.1 Å². The molecule has 21 heavy (non-hydrogen) atoms. The molecule has 0 unspecified atom stereocenters. The number of rotatable bonds is 2. The lowest BCUT2D eigenvalue weighted by Gasteiger charge is -2.14. The summed E-state index contributed by atoms with van der Waals surface area (Å²) in [6.45, 7) is 2.17. The lowest BCUT2D eigenvalue weighted by Crippen LogP contribution is -1.92. The fourth-order valence-electron chi connectivity index (χ4n) is 3.27. The second-order valence-corrected chi connectivity index (χ2v) is 5.56. The number of benzene rings is 2. The first-order valence-corrected chi connectivity index (χ1v) is 7.52. The van der Waals surface area contributed by atoms with Gasteiger partial charge in [0.25, 0.3) is 0 Å². The van der Waals surface area contributed by atoms with Crippen LogP contribution in [0.5, 0.6) is 11.5 Å². The van der Waals surface area contributed by atoms with Crippen LogP contribution in [0.1, 0.15) is 42.9 Å². The molecule has 2 nitrogen and oxygen atoms in total. The zero-order valence-electron chi connectivity index (χ0n) is 12.3. The van der Waals surface area contributed by atoms with E-state index in [0.717, 1.165) is 31.2 Å². The summed E-state index contributed by atoms with van der Waals surface area (Å²) in [5.74, 6) is 0.649. The predicted octanol–water partition coefficient (Wildman–Crippen LogP) is 4.75. The van der Waals surface area contributed by atoms with Crippen molar-refractivity contribution in [2.24, 2.45) is 0 Å². The highest BCUT2D eigenvalue weighted by atomic mass is 16.3. The smallest absolute Gasteiger partial charge is 0.116 e. The number of hydrogen-bond acceptors (Lipinski definition) is 2. The number of fused-ring (bicyclic) bond motifs is 1. The van der Waals surface area contributed by atoms with Crippen LogP contribution in [-0.2, 0) is 6.42 Å². The minimum Gasteiger partial charge on any atom is -0.508 e. The second kappa shape index (κ2) is 5.65.